The molecule has 8 heteroatoms. The van der Waals surface area contributed by atoms with Gasteiger partial charge in [-0.3, -0.25) is 4.79 Å². The molecule has 0 N–H and O–H groups in total. The fraction of sp³-hybridized carbons (Fsp3) is 0.393. The standard InChI is InChI=1S/C28H27F2NO5/c1-28(2)12-20-26(21(32)13-28)18(15-4-5-22(36-27(29)30)23(8-15)33-3)10-19-17-11-25-24(34-14-35-25)9-16(17)6-7-31(19)20/h4-5,8-11,18,27H,6-7,12-14H2,1-3H3/t18-/m0/s1. The highest BCUT2D eigenvalue weighted by Gasteiger charge is 2.43. The lowest BCUT2D eigenvalue weighted by atomic mass is 9.69. The summed E-state index contributed by atoms with van der Waals surface area (Å²) in [6.45, 7) is 2.25. The average Bonchev–Trinajstić information content (AvgIpc) is 3.28. The summed E-state index contributed by atoms with van der Waals surface area (Å²) in [4.78, 5) is 15.8. The van der Waals surface area contributed by atoms with E-state index in [1.54, 1.807) is 12.1 Å². The number of Topliss-reactive ketones (excluding diaryl/α,β-unsaturated/α-hetero) is 1. The molecule has 3 aliphatic heterocycles. The fourth-order valence-electron chi connectivity index (χ4n) is 5.86. The molecule has 2 aromatic carbocycles. The first kappa shape index (κ1) is 22.9. The van der Waals surface area contributed by atoms with Gasteiger partial charge in [0.1, 0.15) is 0 Å². The maximum absolute atomic E-state index is 13.6. The second-order valence-electron chi connectivity index (χ2n) is 10.4. The minimum absolute atomic E-state index is 0.0395. The molecule has 3 heterocycles. The van der Waals surface area contributed by atoms with Crippen molar-refractivity contribution in [3.63, 3.8) is 0 Å². The number of hydrogen-bond acceptors (Lipinski definition) is 6. The lowest BCUT2D eigenvalue weighted by molar-refractivity contribution is -0.118. The normalized spacial score (nSPS) is 21.6. The van der Waals surface area contributed by atoms with Crippen molar-refractivity contribution in [3.05, 3.63) is 64.4 Å². The number of hydrogen-bond donors (Lipinski definition) is 0. The second kappa shape index (κ2) is 8.25. The highest BCUT2D eigenvalue weighted by molar-refractivity contribution is 6.01. The molecule has 0 fully saturated rings. The number of ketones is 1. The van der Waals surface area contributed by atoms with Crippen molar-refractivity contribution in [2.45, 2.75) is 45.6 Å². The van der Waals surface area contributed by atoms with Crippen molar-refractivity contribution in [2.24, 2.45) is 5.41 Å². The van der Waals surface area contributed by atoms with Gasteiger partial charge in [0.15, 0.2) is 28.8 Å². The summed E-state index contributed by atoms with van der Waals surface area (Å²) >= 11 is 0. The first-order chi connectivity index (χ1) is 17.2. The number of carbonyl (C=O) groups excluding carboxylic acids is 1. The number of alkyl halides is 2. The first-order valence-corrected chi connectivity index (χ1v) is 12.1. The second-order valence-corrected chi connectivity index (χ2v) is 10.4. The SMILES string of the molecule is COc1cc([C@@H]2C=C3c4cc5c(cc4CCN3C3=C2C(=O)CC(C)(C)C3)OCO5)ccc1OC(F)F. The van der Waals surface area contributed by atoms with E-state index < -0.39 is 6.61 Å². The van der Waals surface area contributed by atoms with Crippen LogP contribution >= 0.6 is 0 Å². The summed E-state index contributed by atoms with van der Waals surface area (Å²) in [5, 5.41) is 0. The van der Waals surface area contributed by atoms with Crippen LogP contribution in [0.25, 0.3) is 5.70 Å². The molecule has 0 bridgehead atoms. The minimum Gasteiger partial charge on any atom is -0.493 e. The molecule has 36 heavy (non-hydrogen) atoms. The summed E-state index contributed by atoms with van der Waals surface area (Å²) in [5.74, 6) is 1.39. The zero-order valence-corrected chi connectivity index (χ0v) is 20.4. The number of benzene rings is 2. The Morgan fingerprint density at radius 3 is 2.61 bits per heavy atom. The van der Waals surface area contributed by atoms with Crippen LogP contribution in [0.5, 0.6) is 23.0 Å². The van der Waals surface area contributed by atoms with Gasteiger partial charge in [-0.05, 0) is 59.7 Å². The Labute approximate surface area is 208 Å². The number of ether oxygens (including phenoxy) is 4. The molecule has 4 aliphatic rings. The summed E-state index contributed by atoms with van der Waals surface area (Å²) in [6.07, 6.45) is 4.16. The van der Waals surface area contributed by atoms with Gasteiger partial charge in [0.25, 0.3) is 0 Å². The molecule has 0 aromatic heterocycles. The molecule has 0 saturated heterocycles. The van der Waals surface area contributed by atoms with Crippen molar-refractivity contribution >= 4 is 11.5 Å². The van der Waals surface area contributed by atoms with Crippen molar-refractivity contribution in [1.29, 1.82) is 0 Å². The van der Waals surface area contributed by atoms with Gasteiger partial charge in [0.05, 0.1) is 7.11 Å². The highest BCUT2D eigenvalue weighted by Crippen LogP contribution is 2.52. The van der Waals surface area contributed by atoms with Crippen LogP contribution in [-0.4, -0.2) is 37.7 Å². The van der Waals surface area contributed by atoms with E-state index in [2.05, 4.69) is 29.6 Å². The van der Waals surface area contributed by atoms with Crippen LogP contribution in [-0.2, 0) is 11.2 Å². The Hall–Kier alpha value is -3.55. The van der Waals surface area contributed by atoms with E-state index in [0.717, 1.165) is 53.2 Å². The Morgan fingerprint density at radius 1 is 1.08 bits per heavy atom. The smallest absolute Gasteiger partial charge is 0.387 e. The van der Waals surface area contributed by atoms with Gasteiger partial charge in [-0.15, -0.1) is 0 Å². The van der Waals surface area contributed by atoms with Crippen LogP contribution in [0.2, 0.25) is 0 Å². The van der Waals surface area contributed by atoms with Gasteiger partial charge < -0.3 is 23.8 Å². The number of carbonyl (C=O) groups is 1. The Morgan fingerprint density at radius 2 is 1.86 bits per heavy atom. The Bertz CT molecular complexity index is 1330. The Kier molecular flexibility index (Phi) is 5.24. The lowest BCUT2D eigenvalue weighted by Gasteiger charge is -2.46. The van der Waals surface area contributed by atoms with E-state index in [-0.39, 0.29) is 35.4 Å². The molecule has 0 unspecified atom stereocenters. The predicted molar refractivity (Wildman–Crippen MR) is 128 cm³/mol. The molecule has 0 saturated carbocycles. The predicted octanol–water partition coefficient (Wildman–Crippen LogP) is 5.66. The van der Waals surface area contributed by atoms with Gasteiger partial charge in [0, 0.05) is 41.4 Å². The monoisotopic (exact) mass is 495 g/mol. The van der Waals surface area contributed by atoms with Gasteiger partial charge in [0.2, 0.25) is 6.79 Å². The van der Waals surface area contributed by atoms with Crippen molar-refractivity contribution in [2.75, 3.05) is 20.4 Å². The molecule has 1 atom stereocenters. The maximum atomic E-state index is 13.6. The molecule has 1 aliphatic carbocycles. The number of nitrogens with zero attached hydrogens (tertiary/aromatic N) is 1. The minimum atomic E-state index is -2.96. The van der Waals surface area contributed by atoms with Crippen molar-refractivity contribution < 1.29 is 32.5 Å². The van der Waals surface area contributed by atoms with E-state index in [0.29, 0.717) is 12.2 Å². The van der Waals surface area contributed by atoms with Crippen LogP contribution in [0.1, 0.15) is 49.3 Å². The molecule has 6 rings (SSSR count). The third kappa shape index (κ3) is 3.70. The maximum Gasteiger partial charge on any atom is 0.387 e. The molecule has 0 amide bonds. The van der Waals surface area contributed by atoms with Crippen molar-refractivity contribution in [3.8, 4) is 23.0 Å². The van der Waals surface area contributed by atoms with E-state index in [1.807, 2.05) is 12.1 Å². The number of rotatable bonds is 4. The van der Waals surface area contributed by atoms with Crippen LogP contribution in [0.15, 0.2) is 47.7 Å². The number of fused-ring (bicyclic) bond motifs is 5. The van der Waals surface area contributed by atoms with Gasteiger partial charge in [-0.1, -0.05) is 19.9 Å². The van der Waals surface area contributed by atoms with E-state index in [4.69, 9.17) is 14.2 Å². The van der Waals surface area contributed by atoms with Crippen LogP contribution in [0.4, 0.5) is 8.78 Å². The molecule has 2 aromatic rings. The highest BCUT2D eigenvalue weighted by atomic mass is 19.3. The van der Waals surface area contributed by atoms with Gasteiger partial charge in [-0.2, -0.15) is 8.78 Å². The third-order valence-corrected chi connectivity index (χ3v) is 7.39. The first-order valence-electron chi connectivity index (χ1n) is 12.1. The van der Waals surface area contributed by atoms with Gasteiger partial charge in [-0.25, -0.2) is 0 Å². The number of halogens is 2. The zero-order valence-electron chi connectivity index (χ0n) is 20.4. The summed E-state index contributed by atoms with van der Waals surface area (Å²) < 4.78 is 47.0. The number of allylic oxidation sites excluding steroid dienone is 3. The quantitative estimate of drug-likeness (QED) is 0.545. The van der Waals surface area contributed by atoms with Crippen molar-refractivity contribution in [1.82, 2.24) is 4.90 Å². The summed E-state index contributed by atoms with van der Waals surface area (Å²) in [5.41, 5.74) is 5.68. The lowest BCUT2D eigenvalue weighted by Crippen LogP contribution is -2.40. The molecule has 188 valence electrons. The van der Waals surface area contributed by atoms with E-state index in [1.165, 1.54) is 18.7 Å². The molecule has 0 radical (unpaired) electrons. The molecule has 6 nitrogen and oxygen atoms in total. The molecular weight excluding hydrogens is 468 g/mol. The van der Waals surface area contributed by atoms with E-state index in [9.17, 15) is 13.6 Å². The van der Waals surface area contributed by atoms with Crippen LogP contribution < -0.4 is 18.9 Å². The topological polar surface area (TPSA) is 57.2 Å². The van der Waals surface area contributed by atoms with Crippen LogP contribution in [0.3, 0.4) is 0 Å². The molecule has 0 spiro atoms. The zero-order chi connectivity index (χ0) is 25.2. The average molecular weight is 496 g/mol. The fourth-order valence-corrected chi connectivity index (χ4v) is 5.86. The Balaban J connectivity index is 1.51. The molecular formula is C28H27F2NO5. The summed E-state index contributed by atoms with van der Waals surface area (Å²) in [7, 11) is 1.41. The third-order valence-electron chi connectivity index (χ3n) is 7.39. The summed E-state index contributed by atoms with van der Waals surface area (Å²) in [6, 6.07) is 8.97. The van der Waals surface area contributed by atoms with E-state index >= 15 is 0 Å². The van der Waals surface area contributed by atoms with Crippen LogP contribution in [0, 0.1) is 5.41 Å². The largest absolute Gasteiger partial charge is 0.493 e. The number of methoxy groups -OCH3 is 1. The van der Waals surface area contributed by atoms with Gasteiger partial charge >= 0.3 is 6.61 Å².